The lowest BCUT2D eigenvalue weighted by Crippen LogP contribution is -2.39. The summed E-state index contributed by atoms with van der Waals surface area (Å²) in [4.78, 5) is 26.2. The normalized spacial score (nSPS) is 29.8. The van der Waals surface area contributed by atoms with Gasteiger partial charge in [0, 0.05) is 12.7 Å². The van der Waals surface area contributed by atoms with Crippen molar-refractivity contribution in [3.05, 3.63) is 32.6 Å². The van der Waals surface area contributed by atoms with Crippen LogP contribution in [0.5, 0.6) is 0 Å². The summed E-state index contributed by atoms with van der Waals surface area (Å²) in [5.74, 6) is 0. The molecule has 1 saturated heterocycles. The highest BCUT2D eigenvalue weighted by molar-refractivity contribution is 5.14. The van der Waals surface area contributed by atoms with E-state index in [-0.39, 0.29) is 12.1 Å². The summed E-state index contributed by atoms with van der Waals surface area (Å²) in [6.07, 6.45) is -2.87. The summed E-state index contributed by atoms with van der Waals surface area (Å²) in [5.41, 5.74) is -1.04. The van der Waals surface area contributed by atoms with Crippen LogP contribution in [-0.2, 0) is 11.3 Å². The highest BCUT2D eigenvalue weighted by atomic mass is 16.6. The Morgan fingerprint density at radius 1 is 1.35 bits per heavy atom. The average molecular weight is 286 g/mol. The van der Waals surface area contributed by atoms with Gasteiger partial charge in [-0.1, -0.05) is 6.92 Å². The molecule has 0 radical (unpaired) electrons. The van der Waals surface area contributed by atoms with Crippen LogP contribution in [0.15, 0.2) is 15.8 Å². The van der Waals surface area contributed by atoms with Gasteiger partial charge < -0.3 is 25.0 Å². The molecule has 2 heterocycles. The second-order valence-corrected chi connectivity index (χ2v) is 4.76. The molecular weight excluding hydrogens is 268 g/mol. The van der Waals surface area contributed by atoms with E-state index in [1.165, 1.54) is 6.20 Å². The first-order valence-electron chi connectivity index (χ1n) is 6.46. The molecule has 0 saturated carbocycles. The fourth-order valence-electron chi connectivity index (χ4n) is 2.31. The van der Waals surface area contributed by atoms with E-state index in [2.05, 4.69) is 4.98 Å². The SMILES string of the molecule is CCCn1c(=O)[nH]cc([C@@H]2O[C@H](CO)[C@@H](O)[C@H]2O)c1=O. The van der Waals surface area contributed by atoms with Gasteiger partial charge in [-0.05, 0) is 6.42 Å². The van der Waals surface area contributed by atoms with E-state index in [9.17, 15) is 19.8 Å². The van der Waals surface area contributed by atoms with Crippen molar-refractivity contribution in [2.45, 2.75) is 44.3 Å². The van der Waals surface area contributed by atoms with E-state index in [4.69, 9.17) is 9.84 Å². The predicted octanol–water partition coefficient (Wildman–Crippen LogP) is -1.90. The second kappa shape index (κ2) is 5.88. The third kappa shape index (κ3) is 2.42. The lowest BCUT2D eigenvalue weighted by Gasteiger charge is -2.15. The van der Waals surface area contributed by atoms with E-state index in [0.717, 1.165) is 4.57 Å². The van der Waals surface area contributed by atoms with Crippen LogP contribution in [0.4, 0.5) is 0 Å². The lowest BCUT2D eigenvalue weighted by molar-refractivity contribution is -0.0233. The summed E-state index contributed by atoms with van der Waals surface area (Å²) < 4.78 is 6.31. The Bertz CT molecular complexity index is 580. The van der Waals surface area contributed by atoms with Crippen LogP contribution in [0.25, 0.3) is 0 Å². The Balaban J connectivity index is 2.42. The number of nitrogens with zero attached hydrogens (tertiary/aromatic N) is 1. The van der Waals surface area contributed by atoms with Crippen LogP contribution in [0.1, 0.15) is 25.0 Å². The van der Waals surface area contributed by atoms with Crippen molar-refractivity contribution >= 4 is 0 Å². The van der Waals surface area contributed by atoms with Crippen molar-refractivity contribution in [2.75, 3.05) is 6.61 Å². The van der Waals surface area contributed by atoms with E-state index < -0.39 is 42.3 Å². The number of ether oxygens (including phenoxy) is 1. The lowest BCUT2D eigenvalue weighted by atomic mass is 10.0. The molecule has 0 aliphatic carbocycles. The minimum atomic E-state index is -1.33. The molecule has 1 aliphatic rings. The van der Waals surface area contributed by atoms with Crippen LogP contribution in [0, 0.1) is 0 Å². The molecule has 0 aromatic carbocycles. The summed E-state index contributed by atoms with van der Waals surface area (Å²) in [5, 5.41) is 28.6. The van der Waals surface area contributed by atoms with Crippen molar-refractivity contribution < 1.29 is 20.1 Å². The number of rotatable bonds is 4. The average Bonchev–Trinajstić information content (AvgIpc) is 2.71. The largest absolute Gasteiger partial charge is 0.394 e. The van der Waals surface area contributed by atoms with E-state index >= 15 is 0 Å². The predicted molar refractivity (Wildman–Crippen MR) is 68.3 cm³/mol. The first kappa shape index (κ1) is 14.9. The number of hydrogen-bond acceptors (Lipinski definition) is 6. The second-order valence-electron chi connectivity index (χ2n) is 4.76. The van der Waals surface area contributed by atoms with Crippen molar-refractivity contribution in [3.8, 4) is 0 Å². The van der Waals surface area contributed by atoms with Gasteiger partial charge in [-0.2, -0.15) is 0 Å². The number of hydrogen-bond donors (Lipinski definition) is 4. The summed E-state index contributed by atoms with van der Waals surface area (Å²) in [7, 11) is 0. The molecule has 4 N–H and O–H groups in total. The zero-order valence-electron chi connectivity index (χ0n) is 11.0. The zero-order valence-corrected chi connectivity index (χ0v) is 11.0. The van der Waals surface area contributed by atoms with Gasteiger partial charge in [-0.3, -0.25) is 9.36 Å². The van der Waals surface area contributed by atoms with Crippen molar-refractivity contribution in [2.24, 2.45) is 0 Å². The highest BCUT2D eigenvalue weighted by Crippen LogP contribution is 2.31. The minimum Gasteiger partial charge on any atom is -0.394 e. The Morgan fingerprint density at radius 2 is 2.05 bits per heavy atom. The summed E-state index contributed by atoms with van der Waals surface area (Å²) in [6.45, 7) is 1.60. The molecule has 1 aromatic rings. The maximum absolute atomic E-state index is 12.2. The standard InChI is InChI=1S/C12H18N2O6/c1-2-3-14-11(18)6(4-13-12(14)19)10-9(17)8(16)7(5-15)20-10/h4,7-10,15-17H,2-3,5H2,1H3,(H,13,19)/t7-,8-,9-,10+/m1/s1. The summed E-state index contributed by atoms with van der Waals surface area (Å²) >= 11 is 0. The fraction of sp³-hybridized carbons (Fsp3) is 0.667. The van der Waals surface area contributed by atoms with Gasteiger partial charge >= 0.3 is 5.69 Å². The smallest absolute Gasteiger partial charge is 0.328 e. The third-order valence-electron chi connectivity index (χ3n) is 3.38. The number of aliphatic hydroxyl groups is 3. The number of aromatic amines is 1. The Kier molecular flexibility index (Phi) is 4.39. The van der Waals surface area contributed by atoms with Crippen LogP contribution in [0.3, 0.4) is 0 Å². The minimum absolute atomic E-state index is 0.0561. The quantitative estimate of drug-likeness (QED) is 0.512. The molecule has 0 amide bonds. The molecule has 4 atom stereocenters. The van der Waals surface area contributed by atoms with Crippen LogP contribution >= 0.6 is 0 Å². The van der Waals surface area contributed by atoms with E-state index in [0.29, 0.717) is 6.42 Å². The molecule has 1 fully saturated rings. The molecule has 1 aromatic heterocycles. The number of nitrogens with one attached hydrogen (secondary N) is 1. The molecule has 0 bridgehead atoms. The van der Waals surface area contributed by atoms with Crippen LogP contribution in [0.2, 0.25) is 0 Å². The van der Waals surface area contributed by atoms with E-state index in [1.807, 2.05) is 6.92 Å². The molecule has 20 heavy (non-hydrogen) atoms. The molecular formula is C12H18N2O6. The topological polar surface area (TPSA) is 125 Å². The first-order chi connectivity index (χ1) is 9.51. The Labute approximate surface area is 114 Å². The molecule has 0 spiro atoms. The molecule has 0 unspecified atom stereocenters. The van der Waals surface area contributed by atoms with Gasteiger partial charge in [0.05, 0.1) is 12.2 Å². The van der Waals surface area contributed by atoms with Crippen LogP contribution < -0.4 is 11.2 Å². The van der Waals surface area contributed by atoms with Crippen molar-refractivity contribution in [1.29, 1.82) is 0 Å². The monoisotopic (exact) mass is 286 g/mol. The van der Waals surface area contributed by atoms with Gasteiger partial charge in [0.2, 0.25) is 0 Å². The molecule has 8 nitrogen and oxygen atoms in total. The van der Waals surface area contributed by atoms with Gasteiger partial charge in [0.15, 0.2) is 0 Å². The number of aromatic nitrogens is 2. The molecule has 8 heteroatoms. The zero-order chi connectivity index (χ0) is 14.9. The maximum Gasteiger partial charge on any atom is 0.328 e. The molecule has 112 valence electrons. The molecule has 1 aliphatic heterocycles. The van der Waals surface area contributed by atoms with Crippen molar-refractivity contribution in [3.63, 3.8) is 0 Å². The first-order valence-corrected chi connectivity index (χ1v) is 6.46. The third-order valence-corrected chi connectivity index (χ3v) is 3.38. The van der Waals surface area contributed by atoms with Gasteiger partial charge in [-0.25, -0.2) is 4.79 Å². The Morgan fingerprint density at radius 3 is 2.60 bits per heavy atom. The number of H-pyrrole nitrogens is 1. The van der Waals surface area contributed by atoms with Gasteiger partial charge in [0.25, 0.3) is 5.56 Å². The highest BCUT2D eigenvalue weighted by Gasteiger charge is 2.44. The van der Waals surface area contributed by atoms with E-state index in [1.54, 1.807) is 0 Å². The van der Waals surface area contributed by atoms with Crippen LogP contribution in [-0.4, -0.2) is 49.8 Å². The Hall–Kier alpha value is -1.48. The van der Waals surface area contributed by atoms with Gasteiger partial charge in [-0.15, -0.1) is 0 Å². The summed E-state index contributed by atoms with van der Waals surface area (Å²) in [6, 6.07) is 0. The number of aliphatic hydroxyl groups excluding tert-OH is 3. The molecule has 2 rings (SSSR count). The fourth-order valence-corrected chi connectivity index (χ4v) is 2.31. The van der Waals surface area contributed by atoms with Crippen molar-refractivity contribution in [1.82, 2.24) is 9.55 Å². The van der Waals surface area contributed by atoms with Gasteiger partial charge in [0.1, 0.15) is 24.4 Å². The maximum atomic E-state index is 12.2.